The molecule has 2 aliphatic rings. The van der Waals surface area contributed by atoms with Crippen molar-refractivity contribution < 1.29 is 9.53 Å². The number of fused-ring (bicyclic) bond motifs is 1. The second kappa shape index (κ2) is 6.26. The first-order valence-corrected chi connectivity index (χ1v) is 7.47. The van der Waals surface area contributed by atoms with E-state index in [1.54, 1.807) is 6.20 Å². The van der Waals surface area contributed by atoms with E-state index in [-0.39, 0.29) is 12.1 Å². The van der Waals surface area contributed by atoms with Crippen LogP contribution in [0, 0.1) is 0 Å². The number of nitrogens with one attached hydrogen (secondary N) is 2. The third kappa shape index (κ3) is 3.30. The van der Waals surface area contributed by atoms with E-state index < -0.39 is 0 Å². The molecule has 1 fully saturated rings. The molecule has 2 amide bonds. The Bertz CT molecular complexity index is 454. The molecule has 1 aliphatic heterocycles. The number of carbonyl (C=O) groups excluding carboxylic acids is 1. The Labute approximate surface area is 118 Å². The van der Waals surface area contributed by atoms with E-state index in [4.69, 9.17) is 4.74 Å². The van der Waals surface area contributed by atoms with Crippen LogP contribution in [0.2, 0.25) is 0 Å². The lowest BCUT2D eigenvalue weighted by Gasteiger charge is -2.26. The molecule has 6 nitrogen and oxygen atoms in total. The maximum Gasteiger partial charge on any atom is 0.315 e. The van der Waals surface area contributed by atoms with Crippen molar-refractivity contribution in [2.45, 2.75) is 57.4 Å². The first-order chi connectivity index (χ1) is 9.81. The molecular weight excluding hydrogens is 256 g/mol. The largest absolute Gasteiger partial charge is 0.367 e. The average molecular weight is 278 g/mol. The molecule has 110 valence electrons. The molecule has 0 radical (unpaired) electrons. The molecule has 6 heteroatoms. The SMILES string of the molecule is O=C(NC[C@H]1Cn2ccnc2CO1)NC1CCCCC1. The molecule has 0 bridgehead atoms. The number of hydrogen-bond acceptors (Lipinski definition) is 3. The lowest BCUT2D eigenvalue weighted by Crippen LogP contribution is -2.46. The minimum absolute atomic E-state index is 0.0220. The van der Waals surface area contributed by atoms with Gasteiger partial charge < -0.3 is 19.9 Å². The highest BCUT2D eigenvalue weighted by atomic mass is 16.5. The Kier molecular flexibility index (Phi) is 4.20. The molecule has 0 aromatic carbocycles. The van der Waals surface area contributed by atoms with Crippen LogP contribution in [-0.2, 0) is 17.9 Å². The van der Waals surface area contributed by atoms with Crippen LogP contribution in [-0.4, -0.2) is 34.3 Å². The van der Waals surface area contributed by atoms with Gasteiger partial charge in [-0.2, -0.15) is 0 Å². The van der Waals surface area contributed by atoms with Gasteiger partial charge in [-0.25, -0.2) is 9.78 Å². The molecular formula is C14H22N4O2. The third-order valence-corrected chi connectivity index (χ3v) is 4.08. The summed E-state index contributed by atoms with van der Waals surface area (Å²) in [6.07, 6.45) is 9.70. The van der Waals surface area contributed by atoms with Gasteiger partial charge in [-0.1, -0.05) is 19.3 Å². The lowest BCUT2D eigenvalue weighted by molar-refractivity contribution is 0.00438. The second-order valence-electron chi connectivity index (χ2n) is 5.62. The summed E-state index contributed by atoms with van der Waals surface area (Å²) < 4.78 is 7.76. The highest BCUT2D eigenvalue weighted by molar-refractivity contribution is 5.74. The summed E-state index contributed by atoms with van der Waals surface area (Å²) in [5.41, 5.74) is 0. The van der Waals surface area contributed by atoms with E-state index in [2.05, 4.69) is 20.2 Å². The van der Waals surface area contributed by atoms with Gasteiger partial charge in [0.05, 0.1) is 12.6 Å². The fraction of sp³-hybridized carbons (Fsp3) is 0.714. The van der Waals surface area contributed by atoms with E-state index in [9.17, 15) is 4.79 Å². The summed E-state index contributed by atoms with van der Waals surface area (Å²) in [5, 5.41) is 5.96. The van der Waals surface area contributed by atoms with Gasteiger partial charge in [-0.05, 0) is 12.8 Å². The second-order valence-corrected chi connectivity index (χ2v) is 5.62. The van der Waals surface area contributed by atoms with Crippen molar-refractivity contribution in [2.75, 3.05) is 6.54 Å². The fourth-order valence-electron chi connectivity index (χ4n) is 2.92. The van der Waals surface area contributed by atoms with E-state index in [1.165, 1.54) is 19.3 Å². The Morgan fingerprint density at radius 2 is 2.25 bits per heavy atom. The number of nitrogens with zero attached hydrogens (tertiary/aromatic N) is 2. The summed E-state index contributed by atoms with van der Waals surface area (Å²) in [7, 11) is 0. The van der Waals surface area contributed by atoms with Crippen LogP contribution in [0.5, 0.6) is 0 Å². The number of rotatable bonds is 3. The van der Waals surface area contributed by atoms with Crippen LogP contribution in [0.15, 0.2) is 12.4 Å². The molecule has 1 aromatic heterocycles. The van der Waals surface area contributed by atoms with Gasteiger partial charge in [0.15, 0.2) is 0 Å². The Morgan fingerprint density at radius 1 is 1.40 bits per heavy atom. The fourth-order valence-corrected chi connectivity index (χ4v) is 2.92. The molecule has 1 aromatic rings. The van der Waals surface area contributed by atoms with Crippen molar-refractivity contribution in [1.82, 2.24) is 20.2 Å². The van der Waals surface area contributed by atoms with Gasteiger partial charge in [0, 0.05) is 25.0 Å². The zero-order valence-corrected chi connectivity index (χ0v) is 11.7. The van der Waals surface area contributed by atoms with Crippen LogP contribution < -0.4 is 10.6 Å². The molecule has 20 heavy (non-hydrogen) atoms. The van der Waals surface area contributed by atoms with Crippen LogP contribution in [0.1, 0.15) is 37.9 Å². The van der Waals surface area contributed by atoms with Crippen LogP contribution >= 0.6 is 0 Å². The standard InChI is InChI=1S/C14H22N4O2/c19-14(17-11-4-2-1-3-5-11)16-8-12-9-18-7-6-15-13(18)10-20-12/h6-7,11-12H,1-5,8-10H2,(H2,16,17,19)/t12-/m0/s1. The van der Waals surface area contributed by atoms with Crippen LogP contribution in [0.3, 0.4) is 0 Å². The van der Waals surface area contributed by atoms with Gasteiger partial charge in [0.25, 0.3) is 0 Å². The van der Waals surface area contributed by atoms with Gasteiger partial charge in [0.1, 0.15) is 12.4 Å². The summed E-state index contributed by atoms with van der Waals surface area (Å²) in [4.78, 5) is 16.1. The number of aromatic nitrogens is 2. The number of urea groups is 1. The zero-order valence-electron chi connectivity index (χ0n) is 11.7. The number of ether oxygens (including phenoxy) is 1. The van der Waals surface area contributed by atoms with Crippen molar-refractivity contribution >= 4 is 6.03 Å². The first-order valence-electron chi connectivity index (χ1n) is 7.47. The van der Waals surface area contributed by atoms with Gasteiger partial charge in [-0.3, -0.25) is 0 Å². The topological polar surface area (TPSA) is 68.2 Å². The van der Waals surface area contributed by atoms with Gasteiger partial charge in [0.2, 0.25) is 0 Å². The molecule has 1 atom stereocenters. The molecule has 1 saturated carbocycles. The molecule has 3 rings (SSSR count). The summed E-state index contributed by atoms with van der Waals surface area (Å²) in [6.45, 7) is 1.80. The smallest absolute Gasteiger partial charge is 0.315 e. The molecule has 1 aliphatic carbocycles. The minimum atomic E-state index is -0.0723. The molecule has 0 spiro atoms. The Hall–Kier alpha value is -1.56. The Morgan fingerprint density at radius 3 is 3.10 bits per heavy atom. The quantitative estimate of drug-likeness (QED) is 0.878. The van der Waals surface area contributed by atoms with E-state index >= 15 is 0 Å². The monoisotopic (exact) mass is 278 g/mol. The summed E-state index contributed by atoms with van der Waals surface area (Å²) in [6, 6.07) is 0.271. The van der Waals surface area contributed by atoms with E-state index in [0.717, 1.165) is 25.2 Å². The van der Waals surface area contributed by atoms with E-state index in [0.29, 0.717) is 19.2 Å². The van der Waals surface area contributed by atoms with Crippen LogP contribution in [0.4, 0.5) is 4.79 Å². The average Bonchev–Trinajstić information content (AvgIpc) is 2.93. The van der Waals surface area contributed by atoms with Crippen molar-refractivity contribution in [3.05, 3.63) is 18.2 Å². The molecule has 0 saturated heterocycles. The number of carbonyl (C=O) groups is 1. The highest BCUT2D eigenvalue weighted by Crippen LogP contribution is 2.17. The normalized spacial score (nSPS) is 23.1. The first kappa shape index (κ1) is 13.4. The molecule has 2 N–H and O–H groups in total. The maximum atomic E-state index is 11.9. The van der Waals surface area contributed by atoms with Crippen molar-refractivity contribution in [3.63, 3.8) is 0 Å². The van der Waals surface area contributed by atoms with E-state index in [1.807, 2.05) is 6.20 Å². The van der Waals surface area contributed by atoms with Gasteiger partial charge in [-0.15, -0.1) is 0 Å². The van der Waals surface area contributed by atoms with Crippen molar-refractivity contribution in [2.24, 2.45) is 0 Å². The highest BCUT2D eigenvalue weighted by Gasteiger charge is 2.20. The summed E-state index contributed by atoms with van der Waals surface area (Å²) >= 11 is 0. The lowest BCUT2D eigenvalue weighted by atomic mass is 9.96. The summed E-state index contributed by atoms with van der Waals surface area (Å²) in [5.74, 6) is 0.952. The molecule has 2 heterocycles. The van der Waals surface area contributed by atoms with Crippen LogP contribution in [0.25, 0.3) is 0 Å². The third-order valence-electron chi connectivity index (χ3n) is 4.08. The van der Waals surface area contributed by atoms with Crippen molar-refractivity contribution in [1.29, 1.82) is 0 Å². The Balaban J connectivity index is 1.40. The minimum Gasteiger partial charge on any atom is -0.367 e. The van der Waals surface area contributed by atoms with Crippen molar-refractivity contribution in [3.8, 4) is 0 Å². The van der Waals surface area contributed by atoms with Gasteiger partial charge >= 0.3 is 6.03 Å². The zero-order chi connectivity index (χ0) is 13.8. The maximum absolute atomic E-state index is 11.9. The number of hydrogen-bond donors (Lipinski definition) is 2. The number of imidazole rings is 1. The number of amides is 2. The molecule has 0 unspecified atom stereocenters. The predicted molar refractivity (Wildman–Crippen MR) is 74.2 cm³/mol. The predicted octanol–water partition coefficient (Wildman–Crippen LogP) is 1.41.